The van der Waals surface area contributed by atoms with Crippen molar-refractivity contribution in [1.82, 2.24) is 0 Å². The van der Waals surface area contributed by atoms with Gasteiger partial charge in [0.2, 0.25) is 0 Å². The molecule has 90 heavy (non-hydrogen) atoms. The molecule has 2 atom stereocenters. The van der Waals surface area contributed by atoms with E-state index in [1.54, 1.807) is 0 Å². The fraction of sp³-hybridized carbons (Fsp3) is 0.900. The number of phosphoric ester groups is 1. The lowest BCUT2D eigenvalue weighted by Crippen LogP contribution is -2.37. The van der Waals surface area contributed by atoms with E-state index in [1.165, 1.54) is 340 Å². The Kier molecular flexibility index (Phi) is 70.1. The van der Waals surface area contributed by atoms with Crippen molar-refractivity contribution >= 4 is 19.8 Å². The third kappa shape index (κ3) is 75.3. The standard InChI is InChI=1S/C80H154NO8P/c1-6-8-10-12-14-16-18-20-22-24-26-28-30-32-33-34-35-36-37-38-39-40-41-42-43-44-45-46-47-49-51-53-55-57-59-61-63-65-67-69-71-73-80(83)89-78(77-88-90(84,85)87-75-74-81(3,4)5)76-86-79(82)72-70-68-66-64-62-60-58-56-54-52-50-48-31-29-27-25-23-21-19-17-15-13-11-9-7-2/h18,20,24-27,78H,6-17,19,21-23,28-77H2,1-5H3/b20-18-,26-24-,27-25-. The van der Waals surface area contributed by atoms with Gasteiger partial charge in [0.25, 0.3) is 7.82 Å². The second-order valence-electron chi connectivity index (χ2n) is 28.4. The maximum absolute atomic E-state index is 12.9. The quantitative estimate of drug-likeness (QED) is 0.0195. The van der Waals surface area contributed by atoms with Crippen molar-refractivity contribution in [1.29, 1.82) is 0 Å². The van der Waals surface area contributed by atoms with Gasteiger partial charge < -0.3 is 27.9 Å². The molecular formula is C80H154NO8P. The third-order valence-corrected chi connectivity index (χ3v) is 19.1. The molecule has 0 aliphatic heterocycles. The van der Waals surface area contributed by atoms with Gasteiger partial charge in [-0.15, -0.1) is 0 Å². The average Bonchev–Trinajstić information content (AvgIpc) is 3.62. The summed E-state index contributed by atoms with van der Waals surface area (Å²) in [5, 5.41) is 0. The Labute approximate surface area is 561 Å². The van der Waals surface area contributed by atoms with E-state index >= 15 is 0 Å². The highest BCUT2D eigenvalue weighted by Crippen LogP contribution is 2.38. The molecule has 0 aromatic carbocycles. The number of hydrogen-bond donors (Lipinski definition) is 0. The summed E-state index contributed by atoms with van der Waals surface area (Å²) in [5.74, 6) is -0.809. The van der Waals surface area contributed by atoms with Crippen LogP contribution in [0.2, 0.25) is 0 Å². The van der Waals surface area contributed by atoms with E-state index in [1.807, 2.05) is 21.1 Å². The second-order valence-corrected chi connectivity index (χ2v) is 29.8. The number of allylic oxidation sites excluding steroid dienone is 6. The summed E-state index contributed by atoms with van der Waals surface area (Å²) in [6.07, 6.45) is 92.8. The largest absolute Gasteiger partial charge is 0.756 e. The van der Waals surface area contributed by atoms with E-state index < -0.39 is 26.5 Å². The minimum Gasteiger partial charge on any atom is -0.756 e. The molecule has 0 spiro atoms. The van der Waals surface area contributed by atoms with Crippen LogP contribution < -0.4 is 4.89 Å². The van der Waals surface area contributed by atoms with Crippen LogP contribution in [-0.2, 0) is 32.7 Å². The number of likely N-dealkylation sites (N-methyl/N-ethyl adjacent to an activating group) is 1. The number of esters is 2. The number of ether oxygens (including phenoxy) is 2. The highest BCUT2D eigenvalue weighted by atomic mass is 31.2. The lowest BCUT2D eigenvalue weighted by molar-refractivity contribution is -0.870. The molecule has 0 amide bonds. The molecule has 0 heterocycles. The summed E-state index contributed by atoms with van der Waals surface area (Å²) in [6.45, 7) is 4.31. The first-order valence-electron chi connectivity index (χ1n) is 39.7. The van der Waals surface area contributed by atoms with Gasteiger partial charge in [0, 0.05) is 12.8 Å². The number of phosphoric acid groups is 1. The van der Waals surface area contributed by atoms with Gasteiger partial charge in [-0.05, 0) is 70.6 Å². The van der Waals surface area contributed by atoms with E-state index in [-0.39, 0.29) is 32.0 Å². The number of quaternary nitrogens is 1. The van der Waals surface area contributed by atoms with E-state index in [2.05, 4.69) is 50.3 Å². The molecule has 532 valence electrons. The lowest BCUT2D eigenvalue weighted by atomic mass is 10.0. The zero-order valence-corrected chi connectivity index (χ0v) is 61.8. The molecule has 0 N–H and O–H groups in total. The van der Waals surface area contributed by atoms with Crippen LogP contribution in [0.5, 0.6) is 0 Å². The number of carbonyl (C=O) groups is 2. The summed E-state index contributed by atoms with van der Waals surface area (Å²) in [5.41, 5.74) is 0. The summed E-state index contributed by atoms with van der Waals surface area (Å²) in [7, 11) is 1.19. The fourth-order valence-electron chi connectivity index (χ4n) is 12.0. The monoisotopic (exact) mass is 1290 g/mol. The first-order valence-corrected chi connectivity index (χ1v) is 41.2. The molecule has 0 aliphatic carbocycles. The van der Waals surface area contributed by atoms with Gasteiger partial charge in [-0.3, -0.25) is 14.2 Å². The molecule has 0 aliphatic rings. The number of nitrogens with zero attached hydrogens (tertiary/aromatic N) is 1. The average molecular weight is 1290 g/mol. The van der Waals surface area contributed by atoms with Crippen molar-refractivity contribution in [2.45, 2.75) is 418 Å². The van der Waals surface area contributed by atoms with Gasteiger partial charge in [-0.1, -0.05) is 365 Å². The van der Waals surface area contributed by atoms with Crippen molar-refractivity contribution in [3.8, 4) is 0 Å². The minimum absolute atomic E-state index is 0.0273. The summed E-state index contributed by atoms with van der Waals surface area (Å²) < 4.78 is 34.4. The van der Waals surface area contributed by atoms with Crippen LogP contribution in [0, 0.1) is 0 Å². The Morgan fingerprint density at radius 2 is 0.600 bits per heavy atom. The highest BCUT2D eigenvalue weighted by Gasteiger charge is 2.22. The third-order valence-electron chi connectivity index (χ3n) is 18.1. The molecule has 10 heteroatoms. The second kappa shape index (κ2) is 71.5. The van der Waals surface area contributed by atoms with Crippen molar-refractivity contribution in [2.75, 3.05) is 47.5 Å². The van der Waals surface area contributed by atoms with Crippen molar-refractivity contribution in [3.05, 3.63) is 36.5 Å². The van der Waals surface area contributed by atoms with E-state index in [0.29, 0.717) is 17.4 Å². The van der Waals surface area contributed by atoms with Crippen LogP contribution in [0.1, 0.15) is 412 Å². The first kappa shape index (κ1) is 88.2. The molecular weight excluding hydrogens is 1130 g/mol. The Morgan fingerprint density at radius 1 is 0.344 bits per heavy atom. The number of hydrogen-bond acceptors (Lipinski definition) is 8. The predicted molar refractivity (Wildman–Crippen MR) is 388 cm³/mol. The first-order chi connectivity index (χ1) is 44.0. The lowest BCUT2D eigenvalue weighted by Gasteiger charge is -2.28. The molecule has 9 nitrogen and oxygen atoms in total. The molecule has 0 rings (SSSR count). The fourth-order valence-corrected chi connectivity index (χ4v) is 12.8. The summed E-state index contributed by atoms with van der Waals surface area (Å²) in [4.78, 5) is 38.1. The molecule has 0 radical (unpaired) electrons. The number of rotatable bonds is 75. The van der Waals surface area contributed by atoms with Crippen molar-refractivity contribution in [2.24, 2.45) is 0 Å². The van der Waals surface area contributed by atoms with E-state index in [0.717, 1.165) is 38.5 Å². The Hall–Kier alpha value is -1.77. The van der Waals surface area contributed by atoms with Gasteiger partial charge >= 0.3 is 11.9 Å². The van der Waals surface area contributed by atoms with Crippen LogP contribution in [0.15, 0.2) is 36.5 Å². The Balaban J connectivity index is 3.87. The SMILES string of the molecule is CCCCCCC/C=C\C/C=C\CCCCCCCCCCCCCCCCCCCCCCCCCCCCCCCC(=O)OC(COC(=O)CCCCCCCCCCCCCCC/C=C\CCCCCCCCCC)COP(=O)([O-])OCC[N+](C)(C)C. The predicted octanol–water partition coefficient (Wildman–Crippen LogP) is 25.5. The van der Waals surface area contributed by atoms with Gasteiger partial charge in [-0.25, -0.2) is 0 Å². The van der Waals surface area contributed by atoms with Crippen LogP contribution in [0.25, 0.3) is 0 Å². The highest BCUT2D eigenvalue weighted by molar-refractivity contribution is 7.45. The topological polar surface area (TPSA) is 111 Å². The summed E-state index contributed by atoms with van der Waals surface area (Å²) >= 11 is 0. The van der Waals surface area contributed by atoms with Gasteiger partial charge in [0.15, 0.2) is 6.10 Å². The molecule has 0 fully saturated rings. The molecule has 0 saturated heterocycles. The smallest absolute Gasteiger partial charge is 0.306 e. The Bertz CT molecular complexity index is 1610. The molecule has 0 aromatic rings. The maximum Gasteiger partial charge on any atom is 0.306 e. The van der Waals surface area contributed by atoms with Gasteiger partial charge in [0.1, 0.15) is 19.8 Å². The maximum atomic E-state index is 12.9. The van der Waals surface area contributed by atoms with Crippen LogP contribution in [-0.4, -0.2) is 70.0 Å². The van der Waals surface area contributed by atoms with Crippen LogP contribution in [0.4, 0.5) is 0 Å². The minimum atomic E-state index is -4.64. The zero-order chi connectivity index (χ0) is 65.5. The number of carbonyl (C=O) groups excluding carboxylic acids is 2. The van der Waals surface area contributed by atoms with Crippen LogP contribution in [0.3, 0.4) is 0 Å². The number of unbranched alkanes of at least 4 members (excludes halogenated alkanes) is 55. The van der Waals surface area contributed by atoms with Gasteiger partial charge in [-0.2, -0.15) is 0 Å². The van der Waals surface area contributed by atoms with Crippen LogP contribution >= 0.6 is 7.82 Å². The molecule has 0 aromatic heterocycles. The normalized spacial score (nSPS) is 13.2. The Morgan fingerprint density at radius 3 is 0.889 bits per heavy atom. The molecule has 0 bridgehead atoms. The molecule has 0 saturated carbocycles. The zero-order valence-electron chi connectivity index (χ0n) is 60.9. The van der Waals surface area contributed by atoms with Gasteiger partial charge in [0.05, 0.1) is 27.7 Å². The molecule has 2 unspecified atom stereocenters. The van der Waals surface area contributed by atoms with E-state index in [4.69, 9.17) is 18.5 Å². The summed E-state index contributed by atoms with van der Waals surface area (Å²) in [6, 6.07) is 0. The van der Waals surface area contributed by atoms with Crippen molar-refractivity contribution in [3.63, 3.8) is 0 Å². The van der Waals surface area contributed by atoms with E-state index in [9.17, 15) is 19.0 Å². The van der Waals surface area contributed by atoms with Crippen molar-refractivity contribution < 1.29 is 42.1 Å².